The second-order valence-corrected chi connectivity index (χ2v) is 6.79. The van der Waals surface area contributed by atoms with E-state index < -0.39 is 0 Å². The van der Waals surface area contributed by atoms with Gasteiger partial charge in [-0.2, -0.15) is 5.10 Å². The number of benzene rings is 1. The SMILES string of the molecule is Cc1ccc(NC(=O)NCCc2csc(-n3nc(C)cc3C)n2)cc1. The van der Waals surface area contributed by atoms with Crippen LogP contribution in [0.1, 0.15) is 22.6 Å². The van der Waals surface area contributed by atoms with E-state index in [1.807, 2.05) is 61.2 Å². The molecule has 25 heavy (non-hydrogen) atoms. The first kappa shape index (κ1) is 17.2. The zero-order valence-corrected chi connectivity index (χ0v) is 15.4. The van der Waals surface area contributed by atoms with Crippen molar-refractivity contribution in [3.63, 3.8) is 0 Å². The van der Waals surface area contributed by atoms with E-state index in [1.165, 1.54) is 0 Å². The largest absolute Gasteiger partial charge is 0.337 e. The molecule has 0 bridgehead atoms. The monoisotopic (exact) mass is 355 g/mol. The number of anilines is 1. The molecule has 3 aromatic rings. The highest BCUT2D eigenvalue weighted by Gasteiger charge is 2.09. The average Bonchev–Trinajstić information content (AvgIpc) is 3.16. The molecule has 0 atom stereocenters. The third-order valence-corrected chi connectivity index (χ3v) is 4.57. The minimum atomic E-state index is -0.210. The first-order chi connectivity index (χ1) is 12.0. The minimum absolute atomic E-state index is 0.210. The predicted octanol–water partition coefficient (Wildman–Crippen LogP) is 3.62. The van der Waals surface area contributed by atoms with Gasteiger partial charge in [-0.1, -0.05) is 17.7 Å². The lowest BCUT2D eigenvalue weighted by Crippen LogP contribution is -2.30. The quantitative estimate of drug-likeness (QED) is 0.734. The van der Waals surface area contributed by atoms with Crippen molar-refractivity contribution in [1.29, 1.82) is 0 Å². The van der Waals surface area contributed by atoms with Crippen LogP contribution in [0.25, 0.3) is 5.13 Å². The van der Waals surface area contributed by atoms with Crippen LogP contribution in [0.4, 0.5) is 10.5 Å². The second kappa shape index (κ2) is 7.48. The molecule has 0 spiro atoms. The van der Waals surface area contributed by atoms with Gasteiger partial charge in [0, 0.05) is 29.7 Å². The number of aromatic nitrogens is 3. The fourth-order valence-corrected chi connectivity index (χ4v) is 3.31. The van der Waals surface area contributed by atoms with Crippen molar-refractivity contribution in [3.05, 3.63) is 58.4 Å². The highest BCUT2D eigenvalue weighted by molar-refractivity contribution is 7.12. The van der Waals surface area contributed by atoms with E-state index in [9.17, 15) is 4.79 Å². The summed E-state index contributed by atoms with van der Waals surface area (Å²) in [6.45, 7) is 6.52. The number of hydrogen-bond acceptors (Lipinski definition) is 4. The molecule has 0 aliphatic rings. The molecule has 0 aliphatic heterocycles. The molecule has 2 aromatic heterocycles. The summed E-state index contributed by atoms with van der Waals surface area (Å²) in [5.41, 5.74) is 4.93. The molecule has 0 fully saturated rings. The Morgan fingerprint density at radius 1 is 1.20 bits per heavy atom. The number of carbonyl (C=O) groups is 1. The van der Waals surface area contributed by atoms with Gasteiger partial charge in [0.15, 0.2) is 0 Å². The van der Waals surface area contributed by atoms with Crippen LogP contribution in [0.15, 0.2) is 35.7 Å². The van der Waals surface area contributed by atoms with Crippen LogP contribution in [-0.2, 0) is 6.42 Å². The summed E-state index contributed by atoms with van der Waals surface area (Å²) in [4.78, 5) is 16.5. The molecule has 2 amide bonds. The lowest BCUT2D eigenvalue weighted by Gasteiger charge is -2.07. The third-order valence-electron chi connectivity index (χ3n) is 3.71. The molecular formula is C18H21N5OS. The van der Waals surface area contributed by atoms with Crippen LogP contribution in [0.3, 0.4) is 0 Å². The maximum atomic E-state index is 11.9. The van der Waals surface area contributed by atoms with E-state index in [1.54, 1.807) is 11.3 Å². The van der Waals surface area contributed by atoms with E-state index >= 15 is 0 Å². The normalized spacial score (nSPS) is 10.7. The van der Waals surface area contributed by atoms with E-state index in [0.717, 1.165) is 33.5 Å². The first-order valence-electron chi connectivity index (χ1n) is 8.11. The Bertz CT molecular complexity index is 866. The van der Waals surface area contributed by atoms with E-state index in [-0.39, 0.29) is 6.03 Å². The smallest absolute Gasteiger partial charge is 0.319 e. The Kier molecular flexibility index (Phi) is 5.14. The Balaban J connectivity index is 1.50. The number of aryl methyl sites for hydroxylation is 3. The van der Waals surface area contributed by atoms with Gasteiger partial charge in [-0.15, -0.1) is 11.3 Å². The van der Waals surface area contributed by atoms with Crippen molar-refractivity contribution < 1.29 is 4.79 Å². The van der Waals surface area contributed by atoms with Crippen molar-refractivity contribution in [1.82, 2.24) is 20.1 Å². The van der Waals surface area contributed by atoms with Gasteiger partial charge in [0.1, 0.15) is 0 Å². The Hall–Kier alpha value is -2.67. The standard InChI is InChI=1S/C18H21N5OS/c1-12-4-6-15(7-5-12)20-17(24)19-9-8-16-11-25-18(21-16)23-14(3)10-13(2)22-23/h4-7,10-11H,8-9H2,1-3H3,(H2,19,20,24). The predicted molar refractivity (Wildman–Crippen MR) is 101 cm³/mol. The lowest BCUT2D eigenvalue weighted by molar-refractivity contribution is 0.252. The number of urea groups is 1. The number of amides is 2. The summed E-state index contributed by atoms with van der Waals surface area (Å²) in [6, 6.07) is 9.51. The molecular weight excluding hydrogens is 334 g/mol. The molecule has 130 valence electrons. The van der Waals surface area contributed by atoms with Crippen molar-refractivity contribution in [2.24, 2.45) is 0 Å². The van der Waals surface area contributed by atoms with E-state index in [0.29, 0.717) is 13.0 Å². The van der Waals surface area contributed by atoms with Gasteiger partial charge in [0.25, 0.3) is 0 Å². The number of rotatable bonds is 5. The molecule has 3 rings (SSSR count). The molecule has 2 heterocycles. The van der Waals surface area contributed by atoms with Gasteiger partial charge in [0.2, 0.25) is 5.13 Å². The van der Waals surface area contributed by atoms with Crippen LogP contribution in [-0.4, -0.2) is 27.3 Å². The van der Waals surface area contributed by atoms with Gasteiger partial charge in [-0.3, -0.25) is 0 Å². The Labute approximate surface area is 150 Å². The minimum Gasteiger partial charge on any atom is -0.337 e. The summed E-state index contributed by atoms with van der Waals surface area (Å²) in [7, 11) is 0. The number of thiazole rings is 1. The van der Waals surface area contributed by atoms with Crippen molar-refractivity contribution in [3.8, 4) is 5.13 Å². The average molecular weight is 355 g/mol. The van der Waals surface area contributed by atoms with Gasteiger partial charge in [-0.05, 0) is 39.0 Å². The van der Waals surface area contributed by atoms with Crippen LogP contribution < -0.4 is 10.6 Å². The molecule has 0 saturated heterocycles. The number of nitrogens with one attached hydrogen (secondary N) is 2. The Morgan fingerprint density at radius 3 is 2.64 bits per heavy atom. The highest BCUT2D eigenvalue weighted by atomic mass is 32.1. The third kappa shape index (κ3) is 4.45. The summed E-state index contributed by atoms with van der Waals surface area (Å²) >= 11 is 1.55. The maximum Gasteiger partial charge on any atom is 0.319 e. The summed E-state index contributed by atoms with van der Waals surface area (Å²) in [6.07, 6.45) is 0.678. The number of nitrogens with zero attached hydrogens (tertiary/aromatic N) is 3. The van der Waals surface area contributed by atoms with Crippen LogP contribution in [0, 0.1) is 20.8 Å². The molecule has 6 nitrogen and oxygen atoms in total. The lowest BCUT2D eigenvalue weighted by atomic mass is 10.2. The summed E-state index contributed by atoms with van der Waals surface area (Å²) < 4.78 is 1.85. The van der Waals surface area contributed by atoms with E-state index in [2.05, 4.69) is 20.7 Å². The highest BCUT2D eigenvalue weighted by Crippen LogP contribution is 2.17. The number of hydrogen-bond donors (Lipinski definition) is 2. The zero-order valence-electron chi connectivity index (χ0n) is 14.5. The van der Waals surface area contributed by atoms with Crippen LogP contribution >= 0.6 is 11.3 Å². The van der Waals surface area contributed by atoms with Gasteiger partial charge < -0.3 is 10.6 Å². The Morgan fingerprint density at radius 2 is 1.96 bits per heavy atom. The van der Waals surface area contributed by atoms with Gasteiger partial charge >= 0.3 is 6.03 Å². The van der Waals surface area contributed by atoms with Crippen LogP contribution in [0.2, 0.25) is 0 Å². The zero-order chi connectivity index (χ0) is 17.8. The summed E-state index contributed by atoms with van der Waals surface area (Å²) in [5, 5.41) is 13.0. The van der Waals surface area contributed by atoms with Crippen molar-refractivity contribution in [2.45, 2.75) is 27.2 Å². The van der Waals surface area contributed by atoms with Crippen molar-refractivity contribution >= 4 is 23.1 Å². The fourth-order valence-electron chi connectivity index (χ4n) is 2.45. The van der Waals surface area contributed by atoms with Gasteiger partial charge in [-0.25, -0.2) is 14.5 Å². The molecule has 0 saturated carbocycles. The van der Waals surface area contributed by atoms with Gasteiger partial charge in [0.05, 0.1) is 11.4 Å². The molecule has 2 N–H and O–H groups in total. The topological polar surface area (TPSA) is 71.8 Å². The fraction of sp³-hybridized carbons (Fsp3) is 0.278. The molecule has 7 heteroatoms. The first-order valence-corrected chi connectivity index (χ1v) is 8.99. The van der Waals surface area contributed by atoms with Crippen LogP contribution in [0.5, 0.6) is 0 Å². The molecule has 1 aromatic carbocycles. The number of carbonyl (C=O) groups excluding carboxylic acids is 1. The molecule has 0 unspecified atom stereocenters. The second-order valence-electron chi connectivity index (χ2n) is 5.96. The molecule has 0 aliphatic carbocycles. The maximum absolute atomic E-state index is 11.9. The van der Waals surface area contributed by atoms with E-state index in [4.69, 9.17) is 0 Å². The van der Waals surface area contributed by atoms with Crippen molar-refractivity contribution in [2.75, 3.05) is 11.9 Å². The molecule has 0 radical (unpaired) electrons. The summed E-state index contributed by atoms with van der Waals surface area (Å²) in [5.74, 6) is 0.